The Morgan fingerprint density at radius 3 is 2.48 bits per heavy atom. The van der Waals surface area contributed by atoms with Crippen molar-refractivity contribution in [3.05, 3.63) is 0 Å². The first kappa shape index (κ1) is 22.3. The first-order valence-corrected chi connectivity index (χ1v) is 12.1. The van der Waals surface area contributed by atoms with Crippen LogP contribution in [0.25, 0.3) is 0 Å². The van der Waals surface area contributed by atoms with Gasteiger partial charge in [-0.25, -0.2) is 21.1 Å². The van der Waals surface area contributed by atoms with Crippen molar-refractivity contribution in [1.29, 1.82) is 0 Å². The average molecular weight is 398 g/mol. The smallest absolute Gasteiger partial charge is 0.238 e. The van der Waals surface area contributed by atoms with Crippen LogP contribution in [0.3, 0.4) is 0 Å². The Balaban J connectivity index is 2.55. The van der Waals surface area contributed by atoms with Gasteiger partial charge in [0, 0.05) is 26.7 Å². The molecule has 1 unspecified atom stereocenters. The van der Waals surface area contributed by atoms with Crippen LogP contribution in [-0.4, -0.2) is 75.6 Å². The molecule has 1 fully saturated rings. The fourth-order valence-corrected chi connectivity index (χ4v) is 5.46. The largest absolute Gasteiger partial charge is 0.355 e. The predicted molar refractivity (Wildman–Crippen MR) is 98.1 cm³/mol. The molecule has 0 radical (unpaired) electrons. The van der Waals surface area contributed by atoms with E-state index >= 15 is 0 Å². The lowest BCUT2D eigenvalue weighted by molar-refractivity contribution is -0.125. The van der Waals surface area contributed by atoms with Crippen molar-refractivity contribution in [2.24, 2.45) is 0 Å². The molecule has 0 saturated carbocycles. The third-order valence-electron chi connectivity index (χ3n) is 4.36. The third-order valence-corrected chi connectivity index (χ3v) is 8.30. The van der Waals surface area contributed by atoms with E-state index in [2.05, 4.69) is 5.32 Å². The minimum atomic E-state index is -3.41. The summed E-state index contributed by atoms with van der Waals surface area (Å²) in [6, 6.07) is -0.651. The molecule has 148 valence electrons. The van der Waals surface area contributed by atoms with E-state index in [4.69, 9.17) is 0 Å². The van der Waals surface area contributed by atoms with Crippen molar-refractivity contribution in [2.45, 2.75) is 52.0 Å². The summed E-state index contributed by atoms with van der Waals surface area (Å²) in [4.78, 5) is 12.4. The van der Waals surface area contributed by atoms with Crippen molar-refractivity contribution >= 4 is 26.0 Å². The van der Waals surface area contributed by atoms with Gasteiger partial charge >= 0.3 is 0 Å². The fraction of sp³-hybridized carbons (Fsp3) is 0.933. The number of carbonyl (C=O) groups is 1. The average Bonchev–Trinajstić information content (AvgIpc) is 2.58. The summed E-state index contributed by atoms with van der Waals surface area (Å²) < 4.78 is 50.6. The molecule has 0 aromatic carbocycles. The lowest BCUT2D eigenvalue weighted by Crippen LogP contribution is -2.52. The molecule has 10 heteroatoms. The monoisotopic (exact) mass is 397 g/mol. The number of hydrogen-bond donors (Lipinski definition) is 1. The van der Waals surface area contributed by atoms with E-state index in [1.54, 1.807) is 13.8 Å². The topological polar surface area (TPSA) is 104 Å². The van der Waals surface area contributed by atoms with E-state index in [0.29, 0.717) is 38.9 Å². The van der Waals surface area contributed by atoms with Crippen LogP contribution in [-0.2, 0) is 24.8 Å². The van der Waals surface area contributed by atoms with Crippen LogP contribution < -0.4 is 5.32 Å². The number of hydrogen-bond acceptors (Lipinski definition) is 5. The Hall–Kier alpha value is -0.710. The summed E-state index contributed by atoms with van der Waals surface area (Å²) in [6.07, 6.45) is 3.13. The van der Waals surface area contributed by atoms with Gasteiger partial charge in [-0.05, 0) is 32.6 Å². The minimum Gasteiger partial charge on any atom is -0.355 e. The normalized spacial score (nSPS) is 19.9. The van der Waals surface area contributed by atoms with Crippen molar-refractivity contribution < 1.29 is 21.6 Å². The lowest BCUT2D eigenvalue weighted by Gasteiger charge is -2.33. The van der Waals surface area contributed by atoms with Crippen molar-refractivity contribution in [2.75, 3.05) is 38.2 Å². The quantitative estimate of drug-likeness (QED) is 0.536. The summed E-state index contributed by atoms with van der Waals surface area (Å²) in [5.41, 5.74) is 0. The number of carbonyl (C=O) groups excluding carboxylic acids is 1. The molecule has 1 amide bonds. The zero-order valence-electron chi connectivity index (χ0n) is 15.4. The van der Waals surface area contributed by atoms with Gasteiger partial charge in [0.1, 0.15) is 6.04 Å². The van der Waals surface area contributed by atoms with Crippen LogP contribution in [0, 0.1) is 0 Å². The number of rotatable bonds is 10. The molecular formula is C15H31N3O5S2. The summed E-state index contributed by atoms with van der Waals surface area (Å²) >= 11 is 0. The maximum atomic E-state index is 12.4. The molecular weight excluding hydrogens is 366 g/mol. The summed E-state index contributed by atoms with van der Waals surface area (Å²) in [5, 5.41) is 2.75. The Kier molecular flexibility index (Phi) is 8.79. The van der Waals surface area contributed by atoms with Crippen LogP contribution in [0.5, 0.6) is 0 Å². The maximum Gasteiger partial charge on any atom is 0.238 e. The van der Waals surface area contributed by atoms with Crippen molar-refractivity contribution in [1.82, 2.24) is 13.9 Å². The second-order valence-electron chi connectivity index (χ2n) is 6.30. The molecule has 1 aliphatic rings. The van der Waals surface area contributed by atoms with E-state index < -0.39 is 26.1 Å². The Labute approximate surface area is 152 Å². The number of amides is 1. The van der Waals surface area contributed by atoms with Crippen LogP contribution in [0.1, 0.15) is 46.0 Å². The molecule has 25 heavy (non-hydrogen) atoms. The summed E-state index contributed by atoms with van der Waals surface area (Å²) in [7, 11) is -5.12. The second-order valence-corrected chi connectivity index (χ2v) is 10.7. The molecule has 8 nitrogen and oxygen atoms in total. The fourth-order valence-electron chi connectivity index (χ4n) is 2.87. The van der Waals surface area contributed by atoms with E-state index in [1.165, 1.54) is 15.7 Å². The molecule has 0 bridgehead atoms. The van der Waals surface area contributed by atoms with Crippen molar-refractivity contribution in [3.63, 3.8) is 0 Å². The molecule has 1 atom stereocenters. The van der Waals surface area contributed by atoms with Gasteiger partial charge in [0.25, 0.3) is 0 Å². The van der Waals surface area contributed by atoms with Gasteiger partial charge in [-0.2, -0.15) is 4.31 Å². The van der Waals surface area contributed by atoms with E-state index in [-0.39, 0.29) is 17.4 Å². The summed E-state index contributed by atoms with van der Waals surface area (Å²) in [5.74, 6) is -0.195. The van der Waals surface area contributed by atoms with Gasteiger partial charge in [-0.1, -0.05) is 13.3 Å². The third kappa shape index (κ3) is 6.50. The zero-order valence-corrected chi connectivity index (χ0v) is 17.0. The number of piperidine rings is 1. The maximum absolute atomic E-state index is 12.4. The van der Waals surface area contributed by atoms with E-state index in [1.807, 2.05) is 0 Å². The predicted octanol–water partition coefficient (Wildman–Crippen LogP) is 0.369. The molecule has 1 rings (SSSR count). The van der Waals surface area contributed by atoms with Crippen LogP contribution in [0.15, 0.2) is 0 Å². The van der Waals surface area contributed by atoms with Crippen molar-refractivity contribution in [3.8, 4) is 0 Å². The first-order valence-electron chi connectivity index (χ1n) is 8.87. The molecule has 0 aliphatic carbocycles. The van der Waals surface area contributed by atoms with Crippen LogP contribution in [0.4, 0.5) is 0 Å². The Morgan fingerprint density at radius 2 is 1.88 bits per heavy atom. The molecule has 1 heterocycles. The van der Waals surface area contributed by atoms with Gasteiger partial charge in [0.05, 0.1) is 11.5 Å². The standard InChI is InChI=1S/C15H31N3O5S2/c1-4-13-25(22,23)18-12-7-6-9-14(18)15(19)16-10-8-11-17(3)24(20,21)5-2/h14H,4-13H2,1-3H3,(H,16,19). The first-order chi connectivity index (χ1) is 11.7. The highest BCUT2D eigenvalue weighted by molar-refractivity contribution is 7.89. The highest BCUT2D eigenvalue weighted by Gasteiger charge is 2.35. The Bertz CT molecular complexity index is 634. The number of nitrogens with one attached hydrogen (secondary N) is 1. The molecule has 0 aromatic rings. The lowest BCUT2D eigenvalue weighted by atomic mass is 10.0. The van der Waals surface area contributed by atoms with Gasteiger partial charge in [-0.3, -0.25) is 4.79 Å². The molecule has 1 saturated heterocycles. The minimum absolute atomic E-state index is 0.0438. The Morgan fingerprint density at radius 1 is 1.20 bits per heavy atom. The number of sulfonamides is 2. The number of nitrogens with zero attached hydrogens (tertiary/aromatic N) is 2. The van der Waals surface area contributed by atoms with Gasteiger partial charge < -0.3 is 5.32 Å². The van der Waals surface area contributed by atoms with Crippen LogP contribution in [0.2, 0.25) is 0 Å². The van der Waals surface area contributed by atoms with Crippen LogP contribution >= 0.6 is 0 Å². The molecule has 0 spiro atoms. The SMILES string of the molecule is CCCS(=O)(=O)N1CCCCC1C(=O)NCCCN(C)S(=O)(=O)CC. The summed E-state index contributed by atoms with van der Waals surface area (Å²) in [6.45, 7) is 4.41. The molecule has 1 aliphatic heterocycles. The highest BCUT2D eigenvalue weighted by Crippen LogP contribution is 2.21. The second kappa shape index (κ2) is 9.84. The molecule has 0 aromatic heterocycles. The van der Waals surface area contributed by atoms with E-state index in [0.717, 1.165) is 12.8 Å². The molecule has 1 N–H and O–H groups in total. The van der Waals surface area contributed by atoms with Gasteiger partial charge in [0.15, 0.2) is 0 Å². The highest BCUT2D eigenvalue weighted by atomic mass is 32.2. The van der Waals surface area contributed by atoms with Gasteiger partial charge in [0.2, 0.25) is 26.0 Å². The zero-order chi connectivity index (χ0) is 19.1. The van der Waals surface area contributed by atoms with Gasteiger partial charge in [-0.15, -0.1) is 0 Å². The van der Waals surface area contributed by atoms with E-state index in [9.17, 15) is 21.6 Å².